The Kier molecular flexibility index (Phi) is 6.99. The first-order chi connectivity index (χ1) is 25.2. The third kappa shape index (κ3) is 4.84. The fraction of sp³-hybridized carbons (Fsp3) is 0.0800. The first-order valence-corrected chi connectivity index (χ1v) is 18.2. The van der Waals surface area contributed by atoms with Gasteiger partial charge in [-0.3, -0.25) is 0 Å². The lowest BCUT2D eigenvalue weighted by Gasteiger charge is -2.19. The van der Waals surface area contributed by atoms with Crippen molar-refractivity contribution in [2.75, 3.05) is 0 Å². The third-order valence-electron chi connectivity index (χ3n) is 10.8. The number of furan rings is 1. The van der Waals surface area contributed by atoms with E-state index in [2.05, 4.69) is 165 Å². The smallest absolute Gasteiger partial charge is 0.136 e. The molecule has 10 rings (SSSR count). The van der Waals surface area contributed by atoms with Crippen molar-refractivity contribution >= 4 is 65.0 Å². The zero-order valence-electron chi connectivity index (χ0n) is 28.6. The SMILES string of the molecule is CCCCc1ccc2cc(-c3ccc4c(-c5c6ccccc6c(-c6cccc7oc8ccccc8c67)c6ccccc56)cccc4c3)ccc2c1. The van der Waals surface area contributed by atoms with Crippen LogP contribution in [-0.2, 0) is 6.42 Å². The number of para-hydroxylation sites is 1. The largest absolute Gasteiger partial charge is 0.456 e. The molecule has 242 valence electrons. The summed E-state index contributed by atoms with van der Waals surface area (Å²) in [5.74, 6) is 0. The molecule has 0 N–H and O–H groups in total. The number of aryl methyl sites for hydroxylation is 1. The number of fused-ring (bicyclic) bond motifs is 7. The molecule has 0 aliphatic rings. The topological polar surface area (TPSA) is 13.1 Å². The van der Waals surface area contributed by atoms with Crippen LogP contribution in [0.2, 0.25) is 0 Å². The van der Waals surface area contributed by atoms with E-state index in [0.717, 1.165) is 23.0 Å². The van der Waals surface area contributed by atoms with Gasteiger partial charge in [-0.1, -0.05) is 153 Å². The van der Waals surface area contributed by atoms with Crippen LogP contribution in [0.5, 0.6) is 0 Å². The van der Waals surface area contributed by atoms with Crippen molar-refractivity contribution in [2.24, 2.45) is 0 Å². The van der Waals surface area contributed by atoms with Crippen molar-refractivity contribution in [2.45, 2.75) is 26.2 Å². The maximum absolute atomic E-state index is 6.36. The van der Waals surface area contributed by atoms with Crippen LogP contribution in [0.15, 0.2) is 168 Å². The molecule has 0 saturated heterocycles. The molecule has 0 atom stereocenters. The van der Waals surface area contributed by atoms with Crippen LogP contribution in [0.1, 0.15) is 25.3 Å². The van der Waals surface area contributed by atoms with E-state index < -0.39 is 0 Å². The van der Waals surface area contributed by atoms with Gasteiger partial charge in [-0.25, -0.2) is 0 Å². The molecule has 0 fully saturated rings. The highest BCUT2D eigenvalue weighted by molar-refractivity contribution is 6.27. The van der Waals surface area contributed by atoms with Crippen molar-refractivity contribution in [1.29, 1.82) is 0 Å². The van der Waals surface area contributed by atoms with E-state index in [1.807, 2.05) is 6.07 Å². The average molecular weight is 653 g/mol. The van der Waals surface area contributed by atoms with Crippen LogP contribution >= 0.6 is 0 Å². The lowest BCUT2D eigenvalue weighted by Crippen LogP contribution is -1.92. The van der Waals surface area contributed by atoms with Gasteiger partial charge in [0, 0.05) is 10.8 Å². The van der Waals surface area contributed by atoms with E-state index in [0.29, 0.717) is 0 Å². The molecular formula is C50H36O. The quantitative estimate of drug-likeness (QED) is 0.163. The highest BCUT2D eigenvalue weighted by Gasteiger charge is 2.21. The summed E-state index contributed by atoms with van der Waals surface area (Å²) >= 11 is 0. The Morgan fingerprint density at radius 1 is 0.412 bits per heavy atom. The highest BCUT2D eigenvalue weighted by Crippen LogP contribution is 2.48. The van der Waals surface area contributed by atoms with Gasteiger partial charge in [0.25, 0.3) is 0 Å². The molecule has 0 bridgehead atoms. The summed E-state index contributed by atoms with van der Waals surface area (Å²) in [6.07, 6.45) is 3.60. The first-order valence-electron chi connectivity index (χ1n) is 18.2. The molecule has 0 aliphatic heterocycles. The Morgan fingerprint density at radius 3 is 1.73 bits per heavy atom. The van der Waals surface area contributed by atoms with Crippen molar-refractivity contribution in [3.8, 4) is 33.4 Å². The maximum Gasteiger partial charge on any atom is 0.136 e. The predicted octanol–water partition coefficient (Wildman–Crippen LogP) is 14.5. The molecular weight excluding hydrogens is 617 g/mol. The normalized spacial score (nSPS) is 11.9. The van der Waals surface area contributed by atoms with Crippen molar-refractivity contribution in [3.63, 3.8) is 0 Å². The first kappa shape index (κ1) is 29.7. The van der Waals surface area contributed by atoms with Gasteiger partial charge in [0.05, 0.1) is 0 Å². The van der Waals surface area contributed by atoms with Gasteiger partial charge in [-0.15, -0.1) is 0 Å². The fourth-order valence-corrected chi connectivity index (χ4v) is 8.38. The zero-order valence-corrected chi connectivity index (χ0v) is 28.6. The van der Waals surface area contributed by atoms with Crippen molar-refractivity contribution < 1.29 is 4.42 Å². The van der Waals surface area contributed by atoms with E-state index in [-0.39, 0.29) is 0 Å². The lowest BCUT2D eigenvalue weighted by molar-refractivity contribution is 0.669. The van der Waals surface area contributed by atoms with Gasteiger partial charge in [-0.2, -0.15) is 0 Å². The Bertz CT molecular complexity index is 2900. The van der Waals surface area contributed by atoms with Gasteiger partial charge in [0.15, 0.2) is 0 Å². The van der Waals surface area contributed by atoms with E-state index in [1.165, 1.54) is 100 Å². The van der Waals surface area contributed by atoms with Gasteiger partial charge in [-0.05, 0) is 119 Å². The second-order valence-corrected chi connectivity index (χ2v) is 13.9. The molecule has 0 saturated carbocycles. The number of hydrogen-bond acceptors (Lipinski definition) is 1. The summed E-state index contributed by atoms with van der Waals surface area (Å²) in [6, 6.07) is 60.3. The van der Waals surface area contributed by atoms with E-state index in [4.69, 9.17) is 4.42 Å². The monoisotopic (exact) mass is 652 g/mol. The third-order valence-corrected chi connectivity index (χ3v) is 10.8. The molecule has 0 aliphatic carbocycles. The summed E-state index contributed by atoms with van der Waals surface area (Å²) in [4.78, 5) is 0. The second-order valence-electron chi connectivity index (χ2n) is 13.9. The van der Waals surface area contributed by atoms with Crippen LogP contribution in [0.4, 0.5) is 0 Å². The van der Waals surface area contributed by atoms with Crippen LogP contribution in [0.3, 0.4) is 0 Å². The Balaban J connectivity index is 1.17. The Hall–Kier alpha value is -6.18. The van der Waals surface area contributed by atoms with Gasteiger partial charge >= 0.3 is 0 Å². The fourth-order valence-electron chi connectivity index (χ4n) is 8.38. The van der Waals surface area contributed by atoms with Crippen LogP contribution in [-0.4, -0.2) is 0 Å². The zero-order chi connectivity index (χ0) is 33.9. The standard InChI is InChI=1S/C50H36O/c1-2-3-12-32-23-24-34-30-35(26-25-33(34)29-32)36-27-28-38-37(31-36)13-10-19-39(38)48-40-14-4-6-16-42(40)49(43-17-7-5-15-41(43)48)45-20-11-22-47-50(45)44-18-8-9-21-46(44)51-47/h4-11,13-31H,2-3,12H2,1H3. The molecule has 9 aromatic carbocycles. The summed E-state index contributed by atoms with van der Waals surface area (Å²) in [7, 11) is 0. The second kappa shape index (κ2) is 12.0. The minimum atomic E-state index is 0.916. The molecule has 1 nitrogen and oxygen atoms in total. The van der Waals surface area contributed by atoms with Gasteiger partial charge < -0.3 is 4.42 Å². The van der Waals surface area contributed by atoms with Crippen LogP contribution < -0.4 is 0 Å². The molecule has 0 amide bonds. The minimum Gasteiger partial charge on any atom is -0.456 e. The molecule has 1 aromatic heterocycles. The number of hydrogen-bond donors (Lipinski definition) is 0. The molecule has 1 heterocycles. The highest BCUT2D eigenvalue weighted by atomic mass is 16.3. The lowest BCUT2D eigenvalue weighted by atomic mass is 9.83. The predicted molar refractivity (Wildman–Crippen MR) is 219 cm³/mol. The number of benzene rings is 9. The maximum atomic E-state index is 6.36. The summed E-state index contributed by atoms with van der Waals surface area (Å²) in [6.45, 7) is 2.26. The van der Waals surface area contributed by atoms with E-state index in [1.54, 1.807) is 0 Å². The number of rotatable bonds is 6. The molecule has 0 spiro atoms. The molecule has 10 aromatic rings. The average Bonchev–Trinajstić information content (AvgIpc) is 3.58. The van der Waals surface area contributed by atoms with Crippen LogP contribution in [0.25, 0.3) is 98.4 Å². The van der Waals surface area contributed by atoms with E-state index in [9.17, 15) is 0 Å². The van der Waals surface area contributed by atoms with E-state index >= 15 is 0 Å². The summed E-state index contributed by atoms with van der Waals surface area (Å²) in [5.41, 5.74) is 10.7. The summed E-state index contributed by atoms with van der Waals surface area (Å²) in [5, 5.41) is 12.4. The van der Waals surface area contributed by atoms with Crippen molar-refractivity contribution in [3.05, 3.63) is 169 Å². The van der Waals surface area contributed by atoms with Crippen LogP contribution in [0, 0.1) is 0 Å². The minimum absolute atomic E-state index is 0.916. The van der Waals surface area contributed by atoms with Gasteiger partial charge in [0.1, 0.15) is 11.2 Å². The molecule has 0 radical (unpaired) electrons. The number of unbranched alkanes of at least 4 members (excludes halogenated alkanes) is 1. The van der Waals surface area contributed by atoms with Gasteiger partial charge in [0.2, 0.25) is 0 Å². The molecule has 0 unspecified atom stereocenters. The molecule has 1 heteroatoms. The molecule has 51 heavy (non-hydrogen) atoms. The summed E-state index contributed by atoms with van der Waals surface area (Å²) < 4.78 is 6.36. The Labute approximate surface area is 297 Å². The van der Waals surface area contributed by atoms with Crippen molar-refractivity contribution in [1.82, 2.24) is 0 Å². The Morgan fingerprint density at radius 2 is 0.980 bits per heavy atom.